The molecule has 0 unspecified atom stereocenters. The van der Waals surface area contributed by atoms with Crippen LogP contribution in [-0.2, 0) is 11.8 Å². The van der Waals surface area contributed by atoms with Crippen LogP contribution >= 0.6 is 0 Å². The Labute approximate surface area is 175 Å². The van der Waals surface area contributed by atoms with E-state index in [0.29, 0.717) is 0 Å². The van der Waals surface area contributed by atoms with E-state index in [1.807, 2.05) is 0 Å². The summed E-state index contributed by atoms with van der Waals surface area (Å²) in [6.45, 7) is 0. The van der Waals surface area contributed by atoms with Crippen molar-refractivity contribution in [1.29, 1.82) is 0 Å². The zero-order valence-corrected chi connectivity index (χ0v) is 14.9. The molecule has 0 saturated heterocycles. The largest absolute Gasteiger partial charge is 0.838 e. The van der Waals surface area contributed by atoms with E-state index in [-0.39, 0.29) is 0 Å². The number of rotatable bonds is 10. The molecule has 0 N–H and O–H groups in total. The quantitative estimate of drug-likeness (QED) is 0.192. The summed E-state index contributed by atoms with van der Waals surface area (Å²) in [4.78, 5) is 72.6. The first-order chi connectivity index (χ1) is 15.5. The standard InChI is InChI=1S/C6N12O16/c19-11(20)3-1-2(10(7-3)6(16(29)30,17(31)32)18(33)34)4(12(21)22)8-9(1)5(13(23)24,14(25)26)15(27)28. The molecule has 0 aliphatic carbocycles. The molecule has 0 fully saturated rings. The predicted octanol–water partition coefficient (Wildman–Crippen LogP) is -2.15. The van der Waals surface area contributed by atoms with Gasteiger partial charge >= 0.3 is 23.5 Å². The van der Waals surface area contributed by atoms with Gasteiger partial charge in [-0.05, 0) is 9.85 Å². The van der Waals surface area contributed by atoms with E-state index in [4.69, 9.17) is 0 Å². The Bertz CT molecular complexity index is 1170. The molecule has 28 nitrogen and oxygen atoms in total. The summed E-state index contributed by atoms with van der Waals surface area (Å²) >= 11 is 0. The first-order valence-corrected chi connectivity index (χ1v) is 7.20. The maximum absolute atomic E-state index is 11.3. The van der Waals surface area contributed by atoms with Crippen molar-refractivity contribution in [2.75, 3.05) is 0 Å². The molecular formula is C6N12O16. The molecule has 0 saturated carbocycles. The molecule has 0 spiro atoms. The highest BCUT2D eigenvalue weighted by Crippen LogP contribution is 2.39. The topological polar surface area (TPSA) is 381 Å². The number of fused-ring (bicyclic) bond motifs is 1. The summed E-state index contributed by atoms with van der Waals surface area (Å²) in [6.07, 6.45) is 0. The lowest BCUT2D eigenvalue weighted by Gasteiger charge is -2.05. The first-order valence-electron chi connectivity index (χ1n) is 7.20. The van der Waals surface area contributed by atoms with Gasteiger partial charge < -0.3 is 20.2 Å². The van der Waals surface area contributed by atoms with Crippen molar-refractivity contribution in [2.24, 2.45) is 0 Å². The van der Waals surface area contributed by atoms with Crippen molar-refractivity contribution >= 4 is 22.7 Å². The smallest absolute Gasteiger partial charge is 0.358 e. The fourth-order valence-corrected chi connectivity index (χ4v) is 2.53. The Hall–Kier alpha value is -6.12. The van der Waals surface area contributed by atoms with Crippen molar-refractivity contribution in [1.82, 2.24) is 19.6 Å². The Kier molecular flexibility index (Phi) is 5.14. The van der Waals surface area contributed by atoms with E-state index >= 15 is 0 Å². The lowest BCUT2D eigenvalue weighted by atomic mass is 10.4. The number of nitrogens with zero attached hydrogens (tertiary/aromatic N) is 12. The summed E-state index contributed by atoms with van der Waals surface area (Å²) < 4.78 is -2.38. The molecule has 0 atom stereocenters. The molecule has 34 heavy (non-hydrogen) atoms. The Morgan fingerprint density at radius 3 is 0.824 bits per heavy atom. The van der Waals surface area contributed by atoms with Crippen LogP contribution in [0.1, 0.15) is 0 Å². The number of hydrogen-bond donors (Lipinski definition) is 0. The van der Waals surface area contributed by atoms with Gasteiger partial charge in [0.2, 0.25) is 40.6 Å². The van der Waals surface area contributed by atoms with E-state index in [2.05, 4.69) is 10.2 Å². The van der Waals surface area contributed by atoms with Gasteiger partial charge in [0, 0.05) is 9.36 Å². The number of hydrogen-bond acceptors (Lipinski definition) is 18. The van der Waals surface area contributed by atoms with Crippen molar-refractivity contribution in [2.45, 2.75) is 11.8 Å². The van der Waals surface area contributed by atoms with Gasteiger partial charge in [0.1, 0.15) is 0 Å². The van der Waals surface area contributed by atoms with Crippen LogP contribution in [-0.4, -0.2) is 58.9 Å². The van der Waals surface area contributed by atoms with Gasteiger partial charge in [-0.2, -0.15) is 0 Å². The van der Waals surface area contributed by atoms with Gasteiger partial charge in [0.15, 0.2) is 0 Å². The van der Waals surface area contributed by atoms with Gasteiger partial charge in [-0.25, -0.2) is 0 Å². The van der Waals surface area contributed by atoms with Gasteiger partial charge in [0.05, 0.1) is 10.2 Å². The van der Waals surface area contributed by atoms with Gasteiger partial charge in [0.25, 0.3) is 0 Å². The van der Waals surface area contributed by atoms with Crippen LogP contribution in [0.5, 0.6) is 0 Å². The van der Waals surface area contributed by atoms with E-state index < -0.39 is 83.2 Å². The normalized spacial score (nSPS) is 11.6. The Morgan fingerprint density at radius 2 is 0.676 bits per heavy atom. The fraction of sp³-hybridized carbons (Fsp3) is 0.333. The second-order valence-electron chi connectivity index (χ2n) is 5.42. The highest BCUT2D eigenvalue weighted by atomic mass is 16.8. The molecule has 0 aliphatic heterocycles. The molecule has 0 radical (unpaired) electrons. The van der Waals surface area contributed by atoms with E-state index in [9.17, 15) is 80.9 Å². The van der Waals surface area contributed by atoms with Crippen LogP contribution < -0.4 is 0 Å². The zero-order chi connectivity index (χ0) is 26.5. The van der Waals surface area contributed by atoms with Crippen molar-refractivity contribution in [3.8, 4) is 0 Å². The minimum absolute atomic E-state index is 1.19. The molecule has 2 heterocycles. The lowest BCUT2D eigenvalue weighted by molar-refractivity contribution is -1.01. The molecular weight excluding hydrogens is 496 g/mol. The Balaban J connectivity index is 3.43. The third-order valence-corrected chi connectivity index (χ3v) is 3.84. The van der Waals surface area contributed by atoms with Crippen LogP contribution in [0.3, 0.4) is 0 Å². The molecule has 180 valence electrons. The molecule has 0 aliphatic rings. The van der Waals surface area contributed by atoms with Crippen molar-refractivity contribution in [3.63, 3.8) is 0 Å². The van der Waals surface area contributed by atoms with Gasteiger partial charge in [-0.1, -0.05) is 0 Å². The summed E-state index contributed by atoms with van der Waals surface area (Å²) in [5, 5.41) is 95.6. The monoisotopic (exact) mass is 496 g/mol. The molecule has 2 aromatic rings. The average molecular weight is 496 g/mol. The summed E-state index contributed by atoms with van der Waals surface area (Å²) in [5.41, 5.74) is -4.20. The summed E-state index contributed by atoms with van der Waals surface area (Å²) in [6, 6.07) is 0. The molecule has 28 heteroatoms. The highest BCUT2D eigenvalue weighted by molar-refractivity contribution is 5.90. The van der Waals surface area contributed by atoms with Gasteiger partial charge in [-0.3, -0.25) is 60.7 Å². The minimum Gasteiger partial charge on any atom is -0.358 e. The zero-order valence-electron chi connectivity index (χ0n) is 14.9. The second kappa shape index (κ2) is 7.24. The third-order valence-electron chi connectivity index (χ3n) is 3.84. The van der Waals surface area contributed by atoms with Crippen LogP contribution in [0.15, 0.2) is 0 Å². The highest BCUT2D eigenvalue weighted by Gasteiger charge is 2.82. The second-order valence-corrected chi connectivity index (χ2v) is 5.42. The lowest BCUT2D eigenvalue weighted by Crippen LogP contribution is -2.55. The summed E-state index contributed by atoms with van der Waals surface area (Å²) in [7, 11) is 0. The predicted molar refractivity (Wildman–Crippen MR) is 86.7 cm³/mol. The van der Waals surface area contributed by atoms with Crippen molar-refractivity contribution < 1.29 is 39.4 Å². The molecule has 2 aromatic heterocycles. The van der Waals surface area contributed by atoms with E-state index in [1.54, 1.807) is 0 Å². The van der Waals surface area contributed by atoms with Crippen LogP contribution in [0, 0.1) is 80.9 Å². The fourth-order valence-electron chi connectivity index (χ4n) is 2.53. The maximum Gasteiger partial charge on any atom is 0.838 e. The molecule has 2 rings (SSSR count). The molecule has 0 amide bonds. The van der Waals surface area contributed by atoms with Crippen LogP contribution in [0.25, 0.3) is 11.0 Å². The minimum atomic E-state index is -5.04. The maximum atomic E-state index is 11.3. The molecule has 0 aromatic carbocycles. The number of aromatic nitrogens is 4. The van der Waals surface area contributed by atoms with Crippen LogP contribution in [0.2, 0.25) is 0 Å². The SMILES string of the molecule is O=[N+]([O-])c1nn(C([N+](=O)[O-])([N+](=O)[O-])[N+](=O)[O-])c2c([N+](=O)[O-])nn(C([N+](=O)[O-])([N+](=O)[O-])[N+](=O)[O-])c12. The Morgan fingerprint density at radius 1 is 0.471 bits per heavy atom. The van der Waals surface area contributed by atoms with Gasteiger partial charge in [-0.15, -0.1) is 0 Å². The molecule has 0 bridgehead atoms. The first kappa shape index (κ1) is 24.2. The summed E-state index contributed by atoms with van der Waals surface area (Å²) in [5.74, 6) is -14.5. The van der Waals surface area contributed by atoms with E-state index in [0.717, 1.165) is 0 Å². The average Bonchev–Trinajstić information content (AvgIpc) is 3.21. The third kappa shape index (κ3) is 2.64. The number of nitro groups is 8. The van der Waals surface area contributed by atoms with E-state index in [1.165, 1.54) is 0 Å². The van der Waals surface area contributed by atoms with Crippen LogP contribution in [0.4, 0.5) is 11.6 Å². The van der Waals surface area contributed by atoms with Crippen molar-refractivity contribution in [3.05, 3.63) is 80.9 Å².